The van der Waals surface area contributed by atoms with Crippen LogP contribution in [0, 0.1) is 0 Å². The van der Waals surface area contributed by atoms with Gasteiger partial charge < -0.3 is 15.1 Å². The van der Waals surface area contributed by atoms with Crippen molar-refractivity contribution in [3.63, 3.8) is 0 Å². The molecular formula is C19H28N4O3. The highest BCUT2D eigenvalue weighted by molar-refractivity contribution is 5.93. The molecule has 1 N–H and O–H groups in total. The molecule has 0 unspecified atom stereocenters. The fourth-order valence-corrected chi connectivity index (χ4v) is 2.91. The molecule has 0 aliphatic carbocycles. The molecule has 2 rings (SSSR count). The Morgan fingerprint density at radius 1 is 1.12 bits per heavy atom. The maximum atomic E-state index is 12.3. The van der Waals surface area contributed by atoms with Crippen molar-refractivity contribution in [3.05, 3.63) is 29.8 Å². The summed E-state index contributed by atoms with van der Waals surface area (Å²) in [5.41, 5.74) is 1.98. The number of anilines is 1. The predicted molar refractivity (Wildman–Crippen MR) is 101 cm³/mol. The Labute approximate surface area is 154 Å². The zero-order valence-electron chi connectivity index (χ0n) is 15.8. The molecule has 1 aromatic carbocycles. The number of carbonyl (C=O) groups is 3. The highest BCUT2D eigenvalue weighted by Crippen LogP contribution is 2.15. The van der Waals surface area contributed by atoms with Crippen molar-refractivity contribution in [3.8, 4) is 0 Å². The van der Waals surface area contributed by atoms with Crippen LogP contribution in [-0.2, 0) is 20.8 Å². The van der Waals surface area contributed by atoms with Crippen molar-refractivity contribution in [1.82, 2.24) is 14.7 Å². The van der Waals surface area contributed by atoms with Gasteiger partial charge in [-0.15, -0.1) is 0 Å². The summed E-state index contributed by atoms with van der Waals surface area (Å²) in [6.07, 6.45) is 0.867. The van der Waals surface area contributed by atoms with E-state index in [2.05, 4.69) is 12.2 Å². The van der Waals surface area contributed by atoms with Crippen LogP contribution in [0.4, 0.5) is 5.69 Å². The van der Waals surface area contributed by atoms with E-state index in [1.54, 1.807) is 11.9 Å². The number of hydrogen-bond donors (Lipinski definition) is 1. The molecule has 0 radical (unpaired) electrons. The Balaban J connectivity index is 1.78. The summed E-state index contributed by atoms with van der Waals surface area (Å²) in [6.45, 7) is 6.37. The van der Waals surface area contributed by atoms with E-state index in [1.807, 2.05) is 29.2 Å². The average Bonchev–Trinajstić information content (AvgIpc) is 2.62. The first-order chi connectivity index (χ1) is 12.4. The smallest absolute Gasteiger partial charge is 0.242 e. The number of amides is 3. The second kappa shape index (κ2) is 9.33. The van der Waals surface area contributed by atoms with Crippen LogP contribution in [0.2, 0.25) is 0 Å². The van der Waals surface area contributed by atoms with Crippen molar-refractivity contribution < 1.29 is 14.4 Å². The molecule has 1 saturated heterocycles. The van der Waals surface area contributed by atoms with E-state index in [1.165, 1.54) is 11.8 Å². The molecule has 0 atom stereocenters. The van der Waals surface area contributed by atoms with E-state index >= 15 is 0 Å². The maximum absolute atomic E-state index is 12.3. The zero-order chi connectivity index (χ0) is 19.1. The van der Waals surface area contributed by atoms with Gasteiger partial charge in [0, 0.05) is 45.8 Å². The molecule has 0 saturated carbocycles. The summed E-state index contributed by atoms with van der Waals surface area (Å²) in [5.74, 6) is -0.216. The van der Waals surface area contributed by atoms with Crippen LogP contribution in [0.5, 0.6) is 0 Å². The first-order valence-electron chi connectivity index (χ1n) is 9.00. The third-order valence-electron chi connectivity index (χ3n) is 4.67. The van der Waals surface area contributed by atoms with Crippen LogP contribution < -0.4 is 5.32 Å². The summed E-state index contributed by atoms with van der Waals surface area (Å²) >= 11 is 0. The molecule has 142 valence electrons. The molecule has 1 aliphatic rings. The van der Waals surface area contributed by atoms with Crippen LogP contribution in [0.15, 0.2) is 24.3 Å². The molecule has 1 aliphatic heterocycles. The molecule has 1 heterocycles. The molecule has 0 spiro atoms. The normalized spacial score (nSPS) is 14.8. The number of nitrogens with zero attached hydrogens (tertiary/aromatic N) is 3. The van der Waals surface area contributed by atoms with Crippen LogP contribution >= 0.6 is 0 Å². The summed E-state index contributed by atoms with van der Waals surface area (Å²) in [4.78, 5) is 40.9. The minimum Gasteiger partial charge on any atom is -0.339 e. The van der Waals surface area contributed by atoms with Gasteiger partial charge in [-0.2, -0.15) is 0 Å². The molecule has 3 amide bonds. The van der Waals surface area contributed by atoms with Gasteiger partial charge in [-0.05, 0) is 18.1 Å². The zero-order valence-corrected chi connectivity index (χ0v) is 15.8. The number of likely N-dealkylation sites (N-methyl/N-ethyl adjacent to an activating group) is 1. The third kappa shape index (κ3) is 5.56. The fourth-order valence-electron chi connectivity index (χ4n) is 2.91. The number of benzene rings is 1. The van der Waals surface area contributed by atoms with E-state index in [0.717, 1.165) is 17.7 Å². The van der Waals surface area contributed by atoms with E-state index in [9.17, 15) is 14.4 Å². The van der Waals surface area contributed by atoms with E-state index in [4.69, 9.17) is 0 Å². The Morgan fingerprint density at radius 2 is 1.77 bits per heavy atom. The first-order valence-corrected chi connectivity index (χ1v) is 9.00. The number of piperazine rings is 1. The van der Waals surface area contributed by atoms with E-state index in [-0.39, 0.29) is 24.3 Å². The monoisotopic (exact) mass is 360 g/mol. The van der Waals surface area contributed by atoms with Crippen LogP contribution in [0.3, 0.4) is 0 Å². The molecule has 7 heteroatoms. The minimum atomic E-state index is -0.124. The summed E-state index contributed by atoms with van der Waals surface area (Å²) in [7, 11) is 1.62. The molecule has 0 bridgehead atoms. The number of rotatable bonds is 6. The number of hydrogen-bond acceptors (Lipinski definition) is 4. The van der Waals surface area contributed by atoms with E-state index < -0.39 is 0 Å². The Hall–Kier alpha value is -2.41. The lowest BCUT2D eigenvalue weighted by atomic mass is 10.1. The van der Waals surface area contributed by atoms with Gasteiger partial charge in [-0.1, -0.05) is 25.1 Å². The summed E-state index contributed by atoms with van der Waals surface area (Å²) in [6, 6.07) is 7.81. The van der Waals surface area contributed by atoms with Gasteiger partial charge in [0.25, 0.3) is 0 Å². The van der Waals surface area contributed by atoms with Gasteiger partial charge in [0.15, 0.2) is 0 Å². The van der Waals surface area contributed by atoms with Crippen molar-refractivity contribution in [2.45, 2.75) is 20.3 Å². The average molecular weight is 360 g/mol. The van der Waals surface area contributed by atoms with Gasteiger partial charge >= 0.3 is 0 Å². The van der Waals surface area contributed by atoms with Crippen molar-refractivity contribution in [2.24, 2.45) is 0 Å². The number of nitrogens with one attached hydrogen (secondary N) is 1. The second-order valence-electron chi connectivity index (χ2n) is 6.59. The SMILES string of the molecule is CCc1ccccc1NC(=O)CN1CCN(C(=O)CN(C)C(C)=O)CC1. The van der Waals surface area contributed by atoms with Gasteiger partial charge in [0.2, 0.25) is 17.7 Å². The number of carbonyl (C=O) groups excluding carboxylic acids is 3. The van der Waals surface area contributed by atoms with Crippen LogP contribution in [-0.4, -0.2) is 78.7 Å². The summed E-state index contributed by atoms with van der Waals surface area (Å²) in [5, 5.41) is 2.98. The second-order valence-corrected chi connectivity index (χ2v) is 6.59. The predicted octanol–water partition coefficient (Wildman–Crippen LogP) is 0.810. The molecule has 1 fully saturated rings. The number of para-hydroxylation sites is 1. The highest BCUT2D eigenvalue weighted by atomic mass is 16.2. The molecule has 7 nitrogen and oxygen atoms in total. The van der Waals surface area contributed by atoms with Gasteiger partial charge in [0.1, 0.15) is 0 Å². The van der Waals surface area contributed by atoms with Crippen molar-refractivity contribution >= 4 is 23.4 Å². The lowest BCUT2D eigenvalue weighted by Crippen LogP contribution is -2.52. The van der Waals surface area contributed by atoms with Gasteiger partial charge in [-0.25, -0.2) is 0 Å². The lowest BCUT2D eigenvalue weighted by molar-refractivity contribution is -0.139. The van der Waals surface area contributed by atoms with Gasteiger partial charge in [0.05, 0.1) is 13.1 Å². The van der Waals surface area contributed by atoms with Crippen LogP contribution in [0.25, 0.3) is 0 Å². The Bertz CT molecular complexity index is 654. The Morgan fingerprint density at radius 3 is 2.38 bits per heavy atom. The fraction of sp³-hybridized carbons (Fsp3) is 0.526. The Kier molecular flexibility index (Phi) is 7.15. The first kappa shape index (κ1) is 19.9. The van der Waals surface area contributed by atoms with Crippen molar-refractivity contribution in [1.29, 1.82) is 0 Å². The third-order valence-corrected chi connectivity index (χ3v) is 4.67. The lowest BCUT2D eigenvalue weighted by Gasteiger charge is -2.35. The quantitative estimate of drug-likeness (QED) is 0.815. The molecular weight excluding hydrogens is 332 g/mol. The van der Waals surface area contributed by atoms with Crippen LogP contribution in [0.1, 0.15) is 19.4 Å². The topological polar surface area (TPSA) is 73.0 Å². The van der Waals surface area contributed by atoms with Gasteiger partial charge in [-0.3, -0.25) is 19.3 Å². The number of aryl methyl sites for hydroxylation is 1. The summed E-state index contributed by atoms with van der Waals surface area (Å²) < 4.78 is 0. The van der Waals surface area contributed by atoms with E-state index in [0.29, 0.717) is 32.7 Å². The highest BCUT2D eigenvalue weighted by Gasteiger charge is 2.23. The molecule has 0 aromatic heterocycles. The largest absolute Gasteiger partial charge is 0.339 e. The maximum Gasteiger partial charge on any atom is 0.242 e. The molecule has 1 aromatic rings. The standard InChI is InChI=1S/C19H28N4O3/c1-4-16-7-5-6-8-17(16)20-18(25)13-22-9-11-23(12-10-22)19(26)14-21(3)15(2)24/h5-8H,4,9-14H2,1-3H3,(H,20,25). The minimum absolute atomic E-state index is 0.0398. The van der Waals surface area contributed by atoms with Crippen molar-refractivity contribution in [2.75, 3.05) is 51.6 Å². The molecule has 26 heavy (non-hydrogen) atoms.